The molecule has 0 unspecified atom stereocenters. The molecule has 4 rings (SSSR count). The minimum atomic E-state index is -3.67. The number of benzene rings is 1. The van der Waals surface area contributed by atoms with Crippen molar-refractivity contribution in [1.29, 1.82) is 0 Å². The number of rotatable bonds is 4. The molecule has 3 aromatic rings. The standard InChI is InChI=1S/C17H19N5O3S2/c1-20-11-12(10-14(20)16(18)23)27(24,25)22-8-6-21(7-9-22)17-19-13-4-2-3-5-15(13)26-17/h2-5,10-11H,6-9H2,1H3,(H2,18,23). The maximum absolute atomic E-state index is 12.9. The molecule has 0 atom stereocenters. The van der Waals surface area contributed by atoms with Crippen LogP contribution < -0.4 is 10.6 Å². The van der Waals surface area contributed by atoms with E-state index in [0.29, 0.717) is 26.2 Å². The number of piperazine rings is 1. The van der Waals surface area contributed by atoms with E-state index in [0.717, 1.165) is 15.3 Å². The number of aryl methyl sites for hydroxylation is 1. The number of nitrogens with two attached hydrogens (primary N) is 1. The lowest BCUT2D eigenvalue weighted by molar-refractivity contribution is 0.0992. The van der Waals surface area contributed by atoms with Crippen LogP contribution in [0.15, 0.2) is 41.4 Å². The van der Waals surface area contributed by atoms with Gasteiger partial charge in [0.2, 0.25) is 10.0 Å². The molecular formula is C17H19N5O3S2. The van der Waals surface area contributed by atoms with E-state index in [2.05, 4.69) is 9.88 Å². The Morgan fingerprint density at radius 3 is 2.52 bits per heavy atom. The van der Waals surface area contributed by atoms with Crippen LogP contribution in [0.1, 0.15) is 10.5 Å². The molecule has 1 aliphatic rings. The molecule has 0 bridgehead atoms. The average molecular weight is 406 g/mol. The Bertz CT molecular complexity index is 1080. The summed E-state index contributed by atoms with van der Waals surface area (Å²) < 4.78 is 29.8. The third-order valence-corrected chi connectivity index (χ3v) is 7.62. The monoisotopic (exact) mass is 405 g/mol. The number of carbonyl (C=O) groups is 1. The summed E-state index contributed by atoms with van der Waals surface area (Å²) >= 11 is 1.61. The van der Waals surface area contributed by atoms with E-state index < -0.39 is 15.9 Å². The van der Waals surface area contributed by atoms with Crippen LogP contribution in [0.4, 0.5) is 5.13 Å². The first kappa shape index (κ1) is 18.0. The van der Waals surface area contributed by atoms with Gasteiger partial charge in [0.15, 0.2) is 5.13 Å². The molecule has 2 N–H and O–H groups in total. The Kier molecular flexibility index (Phi) is 4.41. The first-order valence-corrected chi connectivity index (χ1v) is 10.7. The topological polar surface area (TPSA) is 102 Å². The fraction of sp³-hybridized carbons (Fsp3) is 0.294. The SMILES string of the molecule is Cn1cc(S(=O)(=O)N2CCN(c3nc4ccccc4s3)CC2)cc1C(N)=O. The van der Waals surface area contributed by atoms with Gasteiger partial charge in [0.25, 0.3) is 5.91 Å². The number of para-hydroxylation sites is 1. The van der Waals surface area contributed by atoms with Gasteiger partial charge >= 0.3 is 0 Å². The second-order valence-corrected chi connectivity index (χ2v) is 9.34. The van der Waals surface area contributed by atoms with Gasteiger partial charge in [-0.05, 0) is 18.2 Å². The maximum Gasteiger partial charge on any atom is 0.265 e. The van der Waals surface area contributed by atoms with Gasteiger partial charge in [-0.15, -0.1) is 0 Å². The fourth-order valence-electron chi connectivity index (χ4n) is 3.18. The van der Waals surface area contributed by atoms with Crippen molar-refractivity contribution >= 4 is 42.6 Å². The number of sulfonamides is 1. The lowest BCUT2D eigenvalue weighted by Gasteiger charge is -2.33. The zero-order chi connectivity index (χ0) is 19.2. The number of hydrogen-bond acceptors (Lipinski definition) is 6. The summed E-state index contributed by atoms with van der Waals surface area (Å²) in [6.45, 7) is 1.85. The van der Waals surface area contributed by atoms with E-state index >= 15 is 0 Å². The first-order valence-electron chi connectivity index (χ1n) is 8.43. The van der Waals surface area contributed by atoms with Crippen molar-refractivity contribution in [2.75, 3.05) is 31.1 Å². The Balaban J connectivity index is 1.51. The zero-order valence-electron chi connectivity index (χ0n) is 14.7. The van der Waals surface area contributed by atoms with Gasteiger partial charge in [0.1, 0.15) is 10.6 Å². The van der Waals surface area contributed by atoms with Crippen molar-refractivity contribution in [2.45, 2.75) is 4.90 Å². The summed E-state index contributed by atoms with van der Waals surface area (Å²) in [6, 6.07) is 9.27. The van der Waals surface area contributed by atoms with Crippen LogP contribution in [-0.4, -0.2) is 54.4 Å². The minimum absolute atomic E-state index is 0.0900. The molecule has 2 aromatic heterocycles. The molecular weight excluding hydrogens is 386 g/mol. The van der Waals surface area contributed by atoms with Crippen molar-refractivity contribution < 1.29 is 13.2 Å². The highest BCUT2D eigenvalue weighted by molar-refractivity contribution is 7.89. The summed E-state index contributed by atoms with van der Waals surface area (Å²) in [6.07, 6.45) is 1.43. The number of hydrogen-bond donors (Lipinski definition) is 1. The molecule has 142 valence electrons. The number of fused-ring (bicyclic) bond motifs is 1. The van der Waals surface area contributed by atoms with Gasteiger partial charge in [-0.2, -0.15) is 4.31 Å². The molecule has 10 heteroatoms. The lowest BCUT2D eigenvalue weighted by Crippen LogP contribution is -2.48. The molecule has 0 radical (unpaired) electrons. The fourth-order valence-corrected chi connectivity index (χ4v) is 5.70. The number of amides is 1. The molecule has 1 aromatic carbocycles. The lowest BCUT2D eigenvalue weighted by atomic mass is 10.3. The number of carbonyl (C=O) groups excluding carboxylic acids is 1. The average Bonchev–Trinajstić information content (AvgIpc) is 3.25. The van der Waals surface area contributed by atoms with E-state index in [4.69, 9.17) is 5.73 Å². The van der Waals surface area contributed by atoms with Crippen molar-refractivity contribution in [3.05, 3.63) is 42.2 Å². The Labute approximate surface area is 160 Å². The van der Waals surface area contributed by atoms with Gasteiger partial charge in [-0.25, -0.2) is 13.4 Å². The van der Waals surface area contributed by atoms with Gasteiger partial charge in [-0.1, -0.05) is 23.5 Å². The van der Waals surface area contributed by atoms with Crippen molar-refractivity contribution in [1.82, 2.24) is 13.9 Å². The van der Waals surface area contributed by atoms with Crippen LogP contribution in [-0.2, 0) is 17.1 Å². The quantitative estimate of drug-likeness (QED) is 0.704. The largest absolute Gasteiger partial charge is 0.364 e. The number of aromatic nitrogens is 2. The summed E-state index contributed by atoms with van der Waals surface area (Å²) in [5.74, 6) is -0.653. The highest BCUT2D eigenvalue weighted by atomic mass is 32.2. The van der Waals surface area contributed by atoms with E-state index in [9.17, 15) is 13.2 Å². The second-order valence-electron chi connectivity index (χ2n) is 6.39. The molecule has 27 heavy (non-hydrogen) atoms. The van der Waals surface area contributed by atoms with Gasteiger partial charge < -0.3 is 15.2 Å². The molecule has 0 spiro atoms. The van der Waals surface area contributed by atoms with Crippen LogP contribution in [0, 0.1) is 0 Å². The normalized spacial score (nSPS) is 16.1. The second kappa shape index (κ2) is 6.63. The van der Waals surface area contributed by atoms with Gasteiger partial charge in [-0.3, -0.25) is 4.79 Å². The van der Waals surface area contributed by atoms with Crippen LogP contribution in [0.3, 0.4) is 0 Å². The molecule has 0 aliphatic carbocycles. The molecule has 1 fully saturated rings. The number of nitrogens with zero attached hydrogens (tertiary/aromatic N) is 4. The van der Waals surface area contributed by atoms with E-state index in [1.165, 1.54) is 21.1 Å². The number of anilines is 1. The van der Waals surface area contributed by atoms with Crippen LogP contribution >= 0.6 is 11.3 Å². The summed E-state index contributed by atoms with van der Waals surface area (Å²) in [5, 5.41) is 0.906. The summed E-state index contributed by atoms with van der Waals surface area (Å²) in [5.41, 5.74) is 6.41. The van der Waals surface area contributed by atoms with Crippen molar-refractivity contribution in [3.63, 3.8) is 0 Å². The van der Waals surface area contributed by atoms with Crippen LogP contribution in [0.25, 0.3) is 10.2 Å². The smallest absolute Gasteiger partial charge is 0.265 e. The highest BCUT2D eigenvalue weighted by Crippen LogP contribution is 2.30. The Morgan fingerprint density at radius 1 is 1.19 bits per heavy atom. The molecule has 1 saturated heterocycles. The van der Waals surface area contributed by atoms with Crippen LogP contribution in [0.2, 0.25) is 0 Å². The number of thiazole rings is 1. The molecule has 8 nitrogen and oxygen atoms in total. The molecule has 3 heterocycles. The summed E-state index contributed by atoms with van der Waals surface area (Å²) in [4.78, 5) is 18.2. The maximum atomic E-state index is 12.9. The predicted molar refractivity (Wildman–Crippen MR) is 105 cm³/mol. The first-order chi connectivity index (χ1) is 12.9. The van der Waals surface area contributed by atoms with E-state index in [1.54, 1.807) is 18.4 Å². The summed E-state index contributed by atoms with van der Waals surface area (Å²) in [7, 11) is -2.07. The van der Waals surface area contributed by atoms with Crippen LogP contribution in [0.5, 0.6) is 0 Å². The molecule has 1 amide bonds. The third kappa shape index (κ3) is 3.20. The Hall–Kier alpha value is -2.43. The zero-order valence-corrected chi connectivity index (χ0v) is 16.3. The minimum Gasteiger partial charge on any atom is -0.364 e. The number of primary amides is 1. The highest BCUT2D eigenvalue weighted by Gasteiger charge is 2.31. The molecule has 0 saturated carbocycles. The third-order valence-electron chi connectivity index (χ3n) is 4.66. The Morgan fingerprint density at radius 2 is 1.89 bits per heavy atom. The van der Waals surface area contributed by atoms with Crippen molar-refractivity contribution in [2.24, 2.45) is 12.8 Å². The molecule has 1 aliphatic heterocycles. The van der Waals surface area contributed by atoms with Gasteiger partial charge in [0, 0.05) is 39.4 Å². The van der Waals surface area contributed by atoms with E-state index in [1.807, 2.05) is 24.3 Å². The van der Waals surface area contributed by atoms with E-state index in [-0.39, 0.29) is 10.6 Å². The predicted octanol–water partition coefficient (Wildman–Crippen LogP) is 1.24. The van der Waals surface area contributed by atoms with Crippen molar-refractivity contribution in [3.8, 4) is 0 Å². The van der Waals surface area contributed by atoms with Gasteiger partial charge in [0.05, 0.1) is 10.2 Å².